The van der Waals surface area contributed by atoms with Gasteiger partial charge in [0.25, 0.3) is 5.91 Å². The summed E-state index contributed by atoms with van der Waals surface area (Å²) in [6.07, 6.45) is 4.47. The Balaban J connectivity index is 1.04. The Kier molecular flexibility index (Phi) is 9.06. The van der Waals surface area contributed by atoms with E-state index in [-0.39, 0.29) is 13.2 Å². The fourth-order valence-corrected chi connectivity index (χ4v) is 4.56. The largest absolute Gasteiger partial charge is 0.481 e. The molecule has 2 N–H and O–H groups in total. The minimum atomic E-state index is -0.851. The zero-order valence-corrected chi connectivity index (χ0v) is 22.9. The number of terminal acetylenes is 1. The van der Waals surface area contributed by atoms with E-state index >= 15 is 0 Å². The highest BCUT2D eigenvalue weighted by Gasteiger charge is 2.42. The van der Waals surface area contributed by atoms with Gasteiger partial charge in [0.05, 0.1) is 0 Å². The number of ether oxygens (including phenoxy) is 2. The molecule has 2 fully saturated rings. The van der Waals surface area contributed by atoms with Crippen molar-refractivity contribution in [3.8, 4) is 29.6 Å². The predicted molar refractivity (Wildman–Crippen MR) is 155 cm³/mol. The highest BCUT2D eigenvalue weighted by Crippen LogP contribution is 2.22. The zero-order chi connectivity index (χ0) is 29.3. The van der Waals surface area contributed by atoms with Crippen LogP contribution in [0.15, 0.2) is 78.9 Å². The molecule has 0 bridgehead atoms. The van der Waals surface area contributed by atoms with Crippen molar-refractivity contribution in [1.82, 2.24) is 20.6 Å². The number of para-hydroxylation sites is 1. The van der Waals surface area contributed by atoms with E-state index in [4.69, 9.17) is 20.7 Å². The van der Waals surface area contributed by atoms with Crippen molar-refractivity contribution >= 4 is 23.7 Å². The molecule has 2 aliphatic rings. The average molecular weight is 570 g/mol. The molecule has 2 heterocycles. The number of hydrogen-bond donors (Lipinski definition) is 2. The number of amides is 4. The summed E-state index contributed by atoms with van der Waals surface area (Å²) in [7, 11) is 0. The van der Waals surface area contributed by atoms with Gasteiger partial charge in [-0.1, -0.05) is 41.3 Å². The molecule has 11 heteroatoms. The average Bonchev–Trinajstić information content (AvgIpc) is 3.29. The molecule has 0 aromatic heterocycles. The standard InChI is InChI=1S/C31H31N5O6/c1-2-20-40-25-14-10-24(11-15-25)34-16-18-35(19-17-34)31(39)42-36-29(37)28(33-30(36)38)22-32-21-23-8-12-27(13-9-23)41-26-6-4-3-5-7-26/h1,3-15,28,32H,16-22H2,(H,33,38). The van der Waals surface area contributed by atoms with E-state index in [1.54, 1.807) is 0 Å². The van der Waals surface area contributed by atoms with Gasteiger partial charge >= 0.3 is 12.1 Å². The second-order valence-corrected chi connectivity index (χ2v) is 9.64. The van der Waals surface area contributed by atoms with Gasteiger partial charge in [-0.05, 0) is 54.1 Å². The van der Waals surface area contributed by atoms with Crippen LogP contribution in [0.25, 0.3) is 0 Å². The number of benzene rings is 3. The van der Waals surface area contributed by atoms with E-state index in [1.807, 2.05) is 78.9 Å². The van der Waals surface area contributed by atoms with Crippen molar-refractivity contribution < 1.29 is 28.7 Å². The zero-order valence-electron chi connectivity index (χ0n) is 22.9. The molecule has 2 saturated heterocycles. The number of carbonyl (C=O) groups excluding carboxylic acids is 3. The van der Waals surface area contributed by atoms with Crippen LogP contribution in [0.2, 0.25) is 0 Å². The molecule has 0 saturated carbocycles. The molecule has 5 rings (SSSR count). The van der Waals surface area contributed by atoms with Gasteiger partial charge in [0.15, 0.2) is 0 Å². The first-order valence-electron chi connectivity index (χ1n) is 13.6. The number of nitrogens with zero attached hydrogens (tertiary/aromatic N) is 3. The number of carbonyl (C=O) groups is 3. The fraction of sp³-hybridized carbons (Fsp3) is 0.258. The first-order chi connectivity index (χ1) is 20.5. The Labute approximate surface area is 243 Å². The highest BCUT2D eigenvalue weighted by molar-refractivity contribution is 6.04. The minimum Gasteiger partial charge on any atom is -0.481 e. The summed E-state index contributed by atoms with van der Waals surface area (Å²) >= 11 is 0. The van der Waals surface area contributed by atoms with Crippen LogP contribution in [0.1, 0.15) is 5.56 Å². The van der Waals surface area contributed by atoms with Gasteiger partial charge < -0.3 is 34.7 Å². The number of urea groups is 1. The quantitative estimate of drug-likeness (QED) is 0.282. The second-order valence-electron chi connectivity index (χ2n) is 9.64. The van der Waals surface area contributed by atoms with E-state index in [0.717, 1.165) is 17.0 Å². The number of hydrogen-bond acceptors (Lipinski definition) is 8. The van der Waals surface area contributed by atoms with Crippen LogP contribution in [-0.2, 0) is 16.2 Å². The van der Waals surface area contributed by atoms with Crippen molar-refractivity contribution in [2.75, 3.05) is 44.2 Å². The number of rotatable bonds is 10. The van der Waals surface area contributed by atoms with Gasteiger partial charge in [0.1, 0.15) is 29.9 Å². The van der Waals surface area contributed by atoms with Crippen LogP contribution in [0.4, 0.5) is 15.3 Å². The maximum atomic E-state index is 12.8. The smallest absolute Gasteiger partial charge is 0.434 e. The monoisotopic (exact) mass is 569 g/mol. The van der Waals surface area contributed by atoms with Crippen molar-refractivity contribution in [2.24, 2.45) is 0 Å². The molecule has 216 valence electrons. The Morgan fingerprint density at radius 3 is 2.26 bits per heavy atom. The SMILES string of the molecule is C#CCOc1ccc(N2CCN(C(=O)ON3C(=O)NC(CNCc4ccc(Oc5ccccc5)cc4)C3=O)CC2)cc1. The third-order valence-corrected chi connectivity index (χ3v) is 6.79. The summed E-state index contributed by atoms with van der Waals surface area (Å²) in [5.41, 5.74) is 1.96. The van der Waals surface area contributed by atoms with Crippen LogP contribution in [0, 0.1) is 12.3 Å². The van der Waals surface area contributed by atoms with E-state index in [2.05, 4.69) is 21.5 Å². The Morgan fingerprint density at radius 1 is 0.905 bits per heavy atom. The van der Waals surface area contributed by atoms with Gasteiger partial charge in [-0.15, -0.1) is 6.42 Å². The first kappa shape index (κ1) is 28.3. The molecule has 4 amide bonds. The molecular formula is C31H31N5O6. The van der Waals surface area contributed by atoms with Crippen LogP contribution in [0.3, 0.4) is 0 Å². The molecule has 11 nitrogen and oxygen atoms in total. The first-order valence-corrected chi connectivity index (χ1v) is 13.6. The number of anilines is 1. The molecule has 0 radical (unpaired) electrons. The van der Waals surface area contributed by atoms with E-state index in [1.165, 1.54) is 4.90 Å². The summed E-state index contributed by atoms with van der Waals surface area (Å²) in [6.45, 7) is 2.71. The Morgan fingerprint density at radius 2 is 1.57 bits per heavy atom. The summed E-state index contributed by atoms with van der Waals surface area (Å²) in [5, 5.41) is 6.22. The lowest BCUT2D eigenvalue weighted by atomic mass is 10.2. The second kappa shape index (κ2) is 13.4. The fourth-order valence-electron chi connectivity index (χ4n) is 4.56. The predicted octanol–water partition coefficient (Wildman–Crippen LogP) is 3.37. The number of piperazine rings is 1. The minimum absolute atomic E-state index is 0.173. The maximum Gasteiger partial charge on any atom is 0.434 e. The number of imide groups is 1. The van der Waals surface area contributed by atoms with E-state index < -0.39 is 24.1 Å². The molecule has 1 unspecified atom stereocenters. The maximum absolute atomic E-state index is 12.8. The summed E-state index contributed by atoms with van der Waals surface area (Å²) in [6, 6.07) is 23.0. The van der Waals surface area contributed by atoms with Gasteiger partial charge in [0, 0.05) is 45.0 Å². The van der Waals surface area contributed by atoms with Crippen molar-refractivity contribution in [3.05, 3.63) is 84.4 Å². The highest BCUT2D eigenvalue weighted by atomic mass is 16.7. The third-order valence-electron chi connectivity index (χ3n) is 6.79. The van der Waals surface area contributed by atoms with Crippen LogP contribution >= 0.6 is 0 Å². The molecule has 1 atom stereocenters. The molecule has 3 aromatic rings. The third kappa shape index (κ3) is 7.10. The Bertz CT molecular complexity index is 1420. The summed E-state index contributed by atoms with van der Waals surface area (Å²) < 4.78 is 11.2. The van der Waals surface area contributed by atoms with Gasteiger partial charge in [-0.2, -0.15) is 0 Å². The molecule has 0 aliphatic carbocycles. The van der Waals surface area contributed by atoms with Gasteiger partial charge in [-0.25, -0.2) is 9.59 Å². The van der Waals surface area contributed by atoms with Crippen molar-refractivity contribution in [3.63, 3.8) is 0 Å². The molecule has 0 spiro atoms. The van der Waals surface area contributed by atoms with Crippen molar-refractivity contribution in [2.45, 2.75) is 12.6 Å². The summed E-state index contributed by atoms with van der Waals surface area (Å²) in [5.74, 6) is 3.95. The van der Waals surface area contributed by atoms with Crippen molar-refractivity contribution in [1.29, 1.82) is 0 Å². The lowest BCUT2D eigenvalue weighted by Crippen LogP contribution is -2.50. The Hall–Kier alpha value is -5.21. The normalized spacial score (nSPS) is 16.5. The molecular weight excluding hydrogens is 538 g/mol. The molecule has 2 aliphatic heterocycles. The van der Waals surface area contributed by atoms with Crippen LogP contribution in [-0.4, -0.2) is 73.4 Å². The molecule has 3 aromatic carbocycles. The topological polar surface area (TPSA) is 113 Å². The van der Waals surface area contributed by atoms with Gasteiger partial charge in [-0.3, -0.25) is 4.79 Å². The summed E-state index contributed by atoms with van der Waals surface area (Å²) in [4.78, 5) is 46.7. The number of hydroxylamine groups is 2. The lowest BCUT2D eigenvalue weighted by molar-refractivity contribution is -0.151. The van der Waals surface area contributed by atoms with Crippen LogP contribution < -0.4 is 25.0 Å². The number of nitrogens with one attached hydrogen (secondary N) is 2. The van der Waals surface area contributed by atoms with E-state index in [0.29, 0.717) is 49.3 Å². The van der Waals surface area contributed by atoms with Crippen LogP contribution in [0.5, 0.6) is 17.2 Å². The van der Waals surface area contributed by atoms with Gasteiger partial charge in [0.2, 0.25) is 0 Å². The lowest BCUT2D eigenvalue weighted by Gasteiger charge is -2.35. The molecule has 42 heavy (non-hydrogen) atoms. The van der Waals surface area contributed by atoms with E-state index in [9.17, 15) is 14.4 Å².